The van der Waals surface area contributed by atoms with Crippen LogP contribution in [0.25, 0.3) is 0 Å². The molecule has 6 heteroatoms. The minimum Gasteiger partial charge on any atom is -0.381 e. The van der Waals surface area contributed by atoms with E-state index in [4.69, 9.17) is 15.2 Å². The van der Waals surface area contributed by atoms with Gasteiger partial charge < -0.3 is 20.5 Å². The standard InChI is InChI=1S/C16H24N2O3.ClH/c17-12-13-2-4-14(5-3-13)16(19)18-8-1-9-21-15-6-10-20-11-7-15;/h2-5,15H,1,6-12,17H2,(H,18,19);1H. The van der Waals surface area contributed by atoms with Crippen molar-refractivity contribution in [2.45, 2.75) is 31.9 Å². The van der Waals surface area contributed by atoms with Crippen molar-refractivity contribution < 1.29 is 14.3 Å². The first-order valence-electron chi connectivity index (χ1n) is 7.56. The molecule has 0 bridgehead atoms. The van der Waals surface area contributed by atoms with E-state index in [1.54, 1.807) is 12.1 Å². The second-order valence-corrected chi connectivity index (χ2v) is 5.19. The lowest BCUT2D eigenvalue weighted by Gasteiger charge is -2.22. The third-order valence-corrected chi connectivity index (χ3v) is 3.58. The highest BCUT2D eigenvalue weighted by atomic mass is 35.5. The number of halogens is 1. The van der Waals surface area contributed by atoms with Gasteiger partial charge in [-0.1, -0.05) is 12.1 Å². The van der Waals surface area contributed by atoms with Crippen molar-refractivity contribution in [3.05, 3.63) is 35.4 Å². The number of rotatable bonds is 7. The number of amides is 1. The SMILES string of the molecule is Cl.NCc1ccc(C(=O)NCCCOC2CCOCC2)cc1. The summed E-state index contributed by atoms with van der Waals surface area (Å²) in [4.78, 5) is 11.9. The van der Waals surface area contributed by atoms with Gasteiger partial charge in [-0.15, -0.1) is 12.4 Å². The second-order valence-electron chi connectivity index (χ2n) is 5.19. The molecule has 2 rings (SSSR count). The van der Waals surface area contributed by atoms with Gasteiger partial charge in [-0.05, 0) is 37.0 Å². The molecule has 22 heavy (non-hydrogen) atoms. The summed E-state index contributed by atoms with van der Waals surface area (Å²) in [6.07, 6.45) is 3.09. The Balaban J connectivity index is 0.00000242. The number of ether oxygens (including phenoxy) is 2. The van der Waals surface area contributed by atoms with Crippen LogP contribution in [-0.4, -0.2) is 38.4 Å². The van der Waals surface area contributed by atoms with Gasteiger partial charge in [-0.3, -0.25) is 4.79 Å². The highest BCUT2D eigenvalue weighted by Gasteiger charge is 2.13. The summed E-state index contributed by atoms with van der Waals surface area (Å²) in [5.74, 6) is -0.0513. The number of nitrogens with one attached hydrogen (secondary N) is 1. The van der Waals surface area contributed by atoms with Crippen molar-refractivity contribution in [2.24, 2.45) is 5.73 Å². The molecule has 0 saturated carbocycles. The predicted molar refractivity (Wildman–Crippen MR) is 88.3 cm³/mol. The third-order valence-electron chi connectivity index (χ3n) is 3.58. The number of hydrogen-bond acceptors (Lipinski definition) is 4. The van der Waals surface area contributed by atoms with Crippen LogP contribution in [0.15, 0.2) is 24.3 Å². The summed E-state index contributed by atoms with van der Waals surface area (Å²) in [5, 5.41) is 2.90. The number of carbonyl (C=O) groups is 1. The summed E-state index contributed by atoms with van der Waals surface area (Å²) in [6.45, 7) is 3.38. The monoisotopic (exact) mass is 328 g/mol. The van der Waals surface area contributed by atoms with E-state index in [0.717, 1.165) is 38.0 Å². The Morgan fingerprint density at radius 3 is 2.59 bits per heavy atom. The molecule has 0 aliphatic carbocycles. The van der Waals surface area contributed by atoms with Crippen LogP contribution in [0, 0.1) is 0 Å². The van der Waals surface area contributed by atoms with Gasteiger partial charge in [-0.25, -0.2) is 0 Å². The normalized spacial score (nSPS) is 15.1. The molecule has 1 saturated heterocycles. The minimum absolute atomic E-state index is 0. The lowest BCUT2D eigenvalue weighted by Crippen LogP contribution is -2.27. The molecule has 1 amide bonds. The fourth-order valence-corrected chi connectivity index (χ4v) is 2.26. The Morgan fingerprint density at radius 1 is 1.27 bits per heavy atom. The fraction of sp³-hybridized carbons (Fsp3) is 0.562. The van der Waals surface area contributed by atoms with Gasteiger partial charge >= 0.3 is 0 Å². The van der Waals surface area contributed by atoms with Gasteiger partial charge in [0, 0.05) is 38.5 Å². The summed E-state index contributed by atoms with van der Waals surface area (Å²) < 4.78 is 11.0. The van der Waals surface area contributed by atoms with Gasteiger partial charge in [0.1, 0.15) is 0 Å². The Labute approximate surface area is 138 Å². The molecular formula is C16H25ClN2O3. The maximum atomic E-state index is 11.9. The molecular weight excluding hydrogens is 304 g/mol. The van der Waals surface area contributed by atoms with Gasteiger partial charge in [0.15, 0.2) is 0 Å². The van der Waals surface area contributed by atoms with Crippen LogP contribution < -0.4 is 11.1 Å². The van der Waals surface area contributed by atoms with Crippen LogP contribution in [-0.2, 0) is 16.0 Å². The summed E-state index contributed by atoms with van der Waals surface area (Å²) in [6, 6.07) is 7.36. The third kappa shape index (κ3) is 6.32. The molecule has 0 aromatic heterocycles. The first-order valence-corrected chi connectivity index (χ1v) is 7.56. The minimum atomic E-state index is -0.0513. The quantitative estimate of drug-likeness (QED) is 0.750. The summed E-state index contributed by atoms with van der Waals surface area (Å²) in [5.41, 5.74) is 7.22. The molecule has 1 fully saturated rings. The van der Waals surface area contributed by atoms with Crippen LogP contribution in [0.2, 0.25) is 0 Å². The molecule has 1 aromatic carbocycles. The van der Waals surface area contributed by atoms with E-state index in [1.165, 1.54) is 0 Å². The zero-order chi connectivity index (χ0) is 14.9. The number of carbonyl (C=O) groups excluding carboxylic acids is 1. The van der Waals surface area contributed by atoms with Crippen molar-refractivity contribution in [2.75, 3.05) is 26.4 Å². The molecule has 5 nitrogen and oxygen atoms in total. The molecule has 0 radical (unpaired) electrons. The van der Waals surface area contributed by atoms with Crippen molar-refractivity contribution in [3.8, 4) is 0 Å². The molecule has 3 N–H and O–H groups in total. The van der Waals surface area contributed by atoms with Crippen LogP contribution in [0.1, 0.15) is 35.2 Å². The lowest BCUT2D eigenvalue weighted by molar-refractivity contribution is -0.0321. The second kappa shape index (κ2) is 10.6. The average Bonchev–Trinajstić information content (AvgIpc) is 2.55. The van der Waals surface area contributed by atoms with Crippen molar-refractivity contribution in [1.29, 1.82) is 0 Å². The Hall–Kier alpha value is -1.14. The molecule has 0 atom stereocenters. The molecule has 1 aromatic rings. The van der Waals surface area contributed by atoms with Gasteiger partial charge in [0.05, 0.1) is 6.10 Å². The molecule has 0 spiro atoms. The molecule has 1 aliphatic rings. The number of benzene rings is 1. The molecule has 124 valence electrons. The van der Waals surface area contributed by atoms with Gasteiger partial charge in [-0.2, -0.15) is 0 Å². The number of hydrogen-bond donors (Lipinski definition) is 2. The lowest BCUT2D eigenvalue weighted by atomic mass is 10.1. The van der Waals surface area contributed by atoms with Crippen molar-refractivity contribution in [3.63, 3.8) is 0 Å². The van der Waals surface area contributed by atoms with E-state index >= 15 is 0 Å². The van der Waals surface area contributed by atoms with E-state index in [0.29, 0.717) is 31.4 Å². The molecule has 1 aliphatic heterocycles. The van der Waals surface area contributed by atoms with E-state index in [2.05, 4.69) is 5.32 Å². The van der Waals surface area contributed by atoms with E-state index in [1.807, 2.05) is 12.1 Å². The highest BCUT2D eigenvalue weighted by Crippen LogP contribution is 2.10. The first kappa shape index (κ1) is 18.9. The van der Waals surface area contributed by atoms with Crippen molar-refractivity contribution >= 4 is 18.3 Å². The number of nitrogens with two attached hydrogens (primary N) is 1. The van der Waals surface area contributed by atoms with E-state index in [-0.39, 0.29) is 18.3 Å². The van der Waals surface area contributed by atoms with Crippen LogP contribution >= 0.6 is 12.4 Å². The smallest absolute Gasteiger partial charge is 0.251 e. The molecule has 1 heterocycles. The Morgan fingerprint density at radius 2 is 1.95 bits per heavy atom. The van der Waals surface area contributed by atoms with Gasteiger partial charge in [0.25, 0.3) is 5.91 Å². The Kier molecular flexibility index (Phi) is 9.08. The van der Waals surface area contributed by atoms with E-state index in [9.17, 15) is 4.79 Å². The summed E-state index contributed by atoms with van der Waals surface area (Å²) >= 11 is 0. The summed E-state index contributed by atoms with van der Waals surface area (Å²) in [7, 11) is 0. The van der Waals surface area contributed by atoms with Crippen LogP contribution in [0.3, 0.4) is 0 Å². The van der Waals surface area contributed by atoms with E-state index < -0.39 is 0 Å². The first-order chi connectivity index (χ1) is 10.3. The van der Waals surface area contributed by atoms with Crippen LogP contribution in [0.5, 0.6) is 0 Å². The molecule has 0 unspecified atom stereocenters. The topological polar surface area (TPSA) is 73.6 Å². The highest BCUT2D eigenvalue weighted by molar-refractivity contribution is 5.94. The zero-order valence-corrected chi connectivity index (χ0v) is 13.6. The average molecular weight is 329 g/mol. The van der Waals surface area contributed by atoms with Crippen molar-refractivity contribution in [1.82, 2.24) is 5.32 Å². The van der Waals surface area contributed by atoms with Crippen LogP contribution in [0.4, 0.5) is 0 Å². The Bertz CT molecular complexity index is 434. The maximum absolute atomic E-state index is 11.9. The zero-order valence-electron chi connectivity index (χ0n) is 12.8. The fourth-order valence-electron chi connectivity index (χ4n) is 2.26. The van der Waals surface area contributed by atoms with Gasteiger partial charge in [0.2, 0.25) is 0 Å². The maximum Gasteiger partial charge on any atom is 0.251 e. The predicted octanol–water partition coefficient (Wildman–Crippen LogP) is 1.88. The largest absolute Gasteiger partial charge is 0.381 e.